The fourth-order valence-corrected chi connectivity index (χ4v) is 3.93. The first-order valence-corrected chi connectivity index (χ1v) is 11.0. The molecule has 1 fully saturated rings. The Labute approximate surface area is 192 Å². The van der Waals surface area contributed by atoms with Crippen molar-refractivity contribution in [2.24, 2.45) is 0 Å². The molecule has 0 saturated carbocycles. The van der Waals surface area contributed by atoms with Gasteiger partial charge in [0, 0.05) is 43.4 Å². The van der Waals surface area contributed by atoms with E-state index in [1.807, 2.05) is 17.7 Å². The third-order valence-corrected chi connectivity index (χ3v) is 5.54. The van der Waals surface area contributed by atoms with E-state index in [9.17, 15) is 14.7 Å². The summed E-state index contributed by atoms with van der Waals surface area (Å²) in [7, 11) is 0. The maximum Gasteiger partial charge on any atom is 0.295 e. The molecule has 3 heterocycles. The summed E-state index contributed by atoms with van der Waals surface area (Å²) in [6.07, 6.45) is 10.0. The largest absolute Gasteiger partial charge is 0.507 e. The van der Waals surface area contributed by atoms with Gasteiger partial charge in [0.25, 0.3) is 11.7 Å². The van der Waals surface area contributed by atoms with E-state index in [0.29, 0.717) is 37.4 Å². The van der Waals surface area contributed by atoms with Crippen LogP contribution in [0.1, 0.15) is 36.9 Å². The van der Waals surface area contributed by atoms with Crippen molar-refractivity contribution in [2.45, 2.75) is 32.4 Å². The predicted molar refractivity (Wildman–Crippen MR) is 122 cm³/mol. The minimum atomic E-state index is -0.691. The molecule has 1 saturated heterocycles. The Morgan fingerprint density at radius 2 is 1.79 bits per heavy atom. The fraction of sp³-hybridized carbons (Fsp3) is 0.280. The van der Waals surface area contributed by atoms with Crippen molar-refractivity contribution in [1.29, 1.82) is 0 Å². The molecular formula is C25H26N4O4. The highest BCUT2D eigenvalue weighted by molar-refractivity contribution is 6.46. The highest BCUT2D eigenvalue weighted by atomic mass is 16.5. The van der Waals surface area contributed by atoms with Crippen LogP contribution in [0, 0.1) is 0 Å². The third-order valence-electron chi connectivity index (χ3n) is 5.54. The van der Waals surface area contributed by atoms with Crippen molar-refractivity contribution >= 4 is 17.4 Å². The number of benzene rings is 1. The Morgan fingerprint density at radius 1 is 1.03 bits per heavy atom. The van der Waals surface area contributed by atoms with Gasteiger partial charge >= 0.3 is 0 Å². The van der Waals surface area contributed by atoms with Gasteiger partial charge in [0.1, 0.15) is 11.5 Å². The van der Waals surface area contributed by atoms with Crippen LogP contribution < -0.4 is 4.74 Å². The lowest BCUT2D eigenvalue weighted by Crippen LogP contribution is -2.31. The lowest BCUT2D eigenvalue weighted by Gasteiger charge is -2.25. The average Bonchev–Trinajstić information content (AvgIpc) is 3.45. The van der Waals surface area contributed by atoms with Crippen LogP contribution in [-0.2, 0) is 16.1 Å². The number of aromatic nitrogens is 3. The summed E-state index contributed by atoms with van der Waals surface area (Å²) in [5.41, 5.74) is 1.25. The van der Waals surface area contributed by atoms with E-state index < -0.39 is 17.7 Å². The second-order valence-electron chi connectivity index (χ2n) is 7.80. The number of hydrogen-bond acceptors (Lipinski definition) is 6. The highest BCUT2D eigenvalue weighted by Crippen LogP contribution is 2.39. The van der Waals surface area contributed by atoms with Crippen molar-refractivity contribution in [3.8, 4) is 5.75 Å². The Morgan fingerprint density at radius 3 is 2.45 bits per heavy atom. The summed E-state index contributed by atoms with van der Waals surface area (Å²) in [4.78, 5) is 35.6. The number of hydrogen-bond donors (Lipinski definition) is 1. The summed E-state index contributed by atoms with van der Waals surface area (Å²) in [6, 6.07) is 9.70. The van der Waals surface area contributed by atoms with Gasteiger partial charge in [-0.1, -0.05) is 6.92 Å². The van der Waals surface area contributed by atoms with E-state index in [1.165, 1.54) is 4.90 Å². The number of nitrogens with zero attached hydrogens (tertiary/aromatic N) is 4. The molecule has 3 aromatic rings. The normalized spacial score (nSPS) is 17.5. The van der Waals surface area contributed by atoms with Crippen LogP contribution in [0.5, 0.6) is 5.75 Å². The second kappa shape index (κ2) is 10.1. The van der Waals surface area contributed by atoms with Crippen LogP contribution in [0.15, 0.2) is 73.1 Å². The minimum absolute atomic E-state index is 0.0797. The Bertz CT molecular complexity index is 1120. The number of amides is 1. The first kappa shape index (κ1) is 22.3. The number of carbonyl (C=O) groups is 2. The SMILES string of the molecule is CCCOc1ccc(/C(O)=C2\C(=O)C(=O)N(CCCn3ccnc3)[C@H]2c2ccncc2)cc1. The van der Waals surface area contributed by atoms with E-state index in [2.05, 4.69) is 9.97 Å². The molecule has 4 rings (SSSR count). The van der Waals surface area contributed by atoms with Gasteiger partial charge in [0.15, 0.2) is 0 Å². The van der Waals surface area contributed by atoms with Crippen molar-refractivity contribution < 1.29 is 19.4 Å². The number of ketones is 1. The van der Waals surface area contributed by atoms with E-state index in [1.54, 1.807) is 61.3 Å². The molecule has 1 amide bonds. The van der Waals surface area contributed by atoms with Crippen molar-refractivity contribution in [2.75, 3.05) is 13.2 Å². The van der Waals surface area contributed by atoms with Gasteiger partial charge in [-0.25, -0.2) is 4.98 Å². The van der Waals surface area contributed by atoms with Crippen LogP contribution in [0.3, 0.4) is 0 Å². The summed E-state index contributed by atoms with van der Waals surface area (Å²) in [5.74, 6) is -0.830. The number of likely N-dealkylation sites (tertiary alicyclic amines) is 1. The number of pyridine rings is 1. The molecule has 8 nitrogen and oxygen atoms in total. The Hall–Kier alpha value is -3.94. The molecule has 0 radical (unpaired) electrons. The second-order valence-corrected chi connectivity index (χ2v) is 7.80. The summed E-state index contributed by atoms with van der Waals surface area (Å²) >= 11 is 0. The van der Waals surface area contributed by atoms with E-state index in [4.69, 9.17) is 4.74 Å². The number of aliphatic hydroxyl groups excluding tert-OH is 1. The van der Waals surface area contributed by atoms with E-state index in [-0.39, 0.29) is 11.3 Å². The summed E-state index contributed by atoms with van der Waals surface area (Å²) in [6.45, 7) is 3.63. The van der Waals surface area contributed by atoms with Crippen LogP contribution in [-0.4, -0.2) is 49.4 Å². The molecular weight excluding hydrogens is 420 g/mol. The van der Waals surface area contributed by atoms with Gasteiger partial charge < -0.3 is 19.3 Å². The summed E-state index contributed by atoms with van der Waals surface area (Å²) in [5, 5.41) is 11.1. The van der Waals surface area contributed by atoms with Gasteiger partial charge in [-0.15, -0.1) is 0 Å². The molecule has 1 aromatic carbocycles. The van der Waals surface area contributed by atoms with Gasteiger partial charge in [-0.2, -0.15) is 0 Å². The maximum atomic E-state index is 13.0. The molecule has 1 N–H and O–H groups in total. The van der Waals surface area contributed by atoms with Crippen LogP contribution in [0.25, 0.3) is 5.76 Å². The Kier molecular flexibility index (Phi) is 6.83. The standard InChI is InChI=1S/C25H26N4O4/c1-2-16-33-20-6-4-19(5-7-20)23(30)21-22(18-8-10-26-11-9-18)29(25(32)24(21)31)14-3-13-28-15-12-27-17-28/h4-12,15,17,22,30H,2-3,13-14,16H2,1H3/b23-21+/t22-/m0/s1. The van der Waals surface area contributed by atoms with Gasteiger partial charge in [-0.3, -0.25) is 14.6 Å². The minimum Gasteiger partial charge on any atom is -0.507 e. The number of carbonyl (C=O) groups excluding carboxylic acids is 2. The molecule has 0 unspecified atom stereocenters. The van der Waals surface area contributed by atoms with Crippen molar-refractivity contribution in [3.63, 3.8) is 0 Å². The third kappa shape index (κ3) is 4.79. The molecule has 1 aliphatic rings. The lowest BCUT2D eigenvalue weighted by atomic mass is 9.96. The topological polar surface area (TPSA) is 97.6 Å². The predicted octanol–water partition coefficient (Wildman–Crippen LogP) is 3.58. The maximum absolute atomic E-state index is 13.0. The number of imidazole rings is 1. The fourth-order valence-electron chi connectivity index (χ4n) is 3.93. The van der Waals surface area contributed by atoms with Crippen LogP contribution in [0.4, 0.5) is 0 Å². The summed E-state index contributed by atoms with van der Waals surface area (Å²) < 4.78 is 7.51. The lowest BCUT2D eigenvalue weighted by molar-refractivity contribution is -0.139. The zero-order valence-corrected chi connectivity index (χ0v) is 18.4. The Balaban J connectivity index is 1.66. The zero-order chi connectivity index (χ0) is 23.2. The first-order valence-electron chi connectivity index (χ1n) is 11.0. The number of rotatable bonds is 9. The van der Waals surface area contributed by atoms with Gasteiger partial charge in [-0.05, 0) is 54.8 Å². The number of aryl methyl sites for hydroxylation is 1. The number of Topliss-reactive ketones (excluding diaryl/α,β-unsaturated/α-hetero) is 1. The monoisotopic (exact) mass is 446 g/mol. The van der Waals surface area contributed by atoms with Crippen molar-refractivity contribution in [1.82, 2.24) is 19.4 Å². The average molecular weight is 447 g/mol. The number of aliphatic hydroxyl groups is 1. The van der Waals surface area contributed by atoms with Crippen LogP contribution >= 0.6 is 0 Å². The molecule has 1 aliphatic heterocycles. The molecule has 0 aliphatic carbocycles. The molecule has 2 aromatic heterocycles. The zero-order valence-electron chi connectivity index (χ0n) is 18.4. The van der Waals surface area contributed by atoms with Gasteiger partial charge in [0.05, 0.1) is 24.5 Å². The molecule has 8 heteroatoms. The smallest absolute Gasteiger partial charge is 0.295 e. The first-order chi connectivity index (χ1) is 16.1. The molecule has 0 spiro atoms. The van der Waals surface area contributed by atoms with Gasteiger partial charge in [0.2, 0.25) is 0 Å². The van der Waals surface area contributed by atoms with Crippen LogP contribution in [0.2, 0.25) is 0 Å². The molecule has 170 valence electrons. The molecule has 1 atom stereocenters. The molecule has 33 heavy (non-hydrogen) atoms. The van der Waals surface area contributed by atoms with E-state index in [0.717, 1.165) is 12.0 Å². The molecule has 0 bridgehead atoms. The van der Waals surface area contributed by atoms with Crippen molar-refractivity contribution in [3.05, 3.63) is 84.2 Å². The quantitative estimate of drug-likeness (QED) is 0.307. The highest BCUT2D eigenvalue weighted by Gasteiger charge is 2.45. The van der Waals surface area contributed by atoms with E-state index >= 15 is 0 Å². The number of ether oxygens (including phenoxy) is 1.